The van der Waals surface area contributed by atoms with Gasteiger partial charge in [0.05, 0.1) is 5.69 Å². The SMILES string of the molecule is CCNC(=O)Nc1cn(-c2cccc(F)c2)cc1C([NH3+])=O. The molecule has 2 aromatic rings. The minimum atomic E-state index is -0.433. The lowest BCUT2D eigenvalue weighted by Crippen LogP contribution is -2.56. The predicted octanol–water partition coefficient (Wildman–Crippen LogP) is 1.14. The van der Waals surface area contributed by atoms with E-state index >= 15 is 0 Å². The lowest BCUT2D eigenvalue weighted by atomic mass is 10.3. The highest BCUT2D eigenvalue weighted by Crippen LogP contribution is 2.20. The van der Waals surface area contributed by atoms with Gasteiger partial charge in [0.2, 0.25) is 0 Å². The first-order valence-corrected chi connectivity index (χ1v) is 6.40. The van der Waals surface area contributed by atoms with Crippen LogP contribution in [0.25, 0.3) is 5.69 Å². The van der Waals surface area contributed by atoms with Crippen LogP contribution in [0.2, 0.25) is 0 Å². The largest absolute Gasteiger partial charge is 0.344 e. The average Bonchev–Trinajstić information content (AvgIpc) is 2.83. The summed E-state index contributed by atoms with van der Waals surface area (Å²) in [7, 11) is 0. The fourth-order valence-corrected chi connectivity index (χ4v) is 1.89. The van der Waals surface area contributed by atoms with Crippen molar-refractivity contribution in [2.45, 2.75) is 6.92 Å². The number of nitrogens with zero attached hydrogens (tertiary/aromatic N) is 1. The van der Waals surface area contributed by atoms with Crippen molar-refractivity contribution < 1.29 is 19.7 Å². The predicted molar refractivity (Wildman–Crippen MR) is 75.6 cm³/mol. The van der Waals surface area contributed by atoms with Gasteiger partial charge in [0.15, 0.2) is 0 Å². The molecule has 1 aromatic heterocycles. The number of nitrogens with one attached hydrogen (secondary N) is 2. The molecule has 5 N–H and O–H groups in total. The van der Waals surface area contributed by atoms with Crippen molar-refractivity contribution >= 4 is 17.6 Å². The molecule has 6 nitrogen and oxygen atoms in total. The van der Waals surface area contributed by atoms with Crippen LogP contribution >= 0.6 is 0 Å². The van der Waals surface area contributed by atoms with Crippen molar-refractivity contribution in [1.29, 1.82) is 0 Å². The summed E-state index contributed by atoms with van der Waals surface area (Å²) in [5.41, 5.74) is 4.47. The number of benzene rings is 1. The molecule has 2 rings (SSSR count). The quantitative estimate of drug-likeness (QED) is 0.788. The van der Waals surface area contributed by atoms with Gasteiger partial charge in [-0.15, -0.1) is 0 Å². The molecule has 0 bridgehead atoms. The molecular weight excluding hydrogens is 275 g/mol. The molecule has 0 aliphatic rings. The molecule has 21 heavy (non-hydrogen) atoms. The van der Waals surface area contributed by atoms with Crippen LogP contribution in [0, 0.1) is 5.82 Å². The third-order valence-electron chi connectivity index (χ3n) is 2.82. The number of carbonyl (C=O) groups is 2. The first-order chi connectivity index (χ1) is 10.0. The maximum atomic E-state index is 13.3. The van der Waals surface area contributed by atoms with Gasteiger partial charge in [-0.05, 0) is 25.1 Å². The Morgan fingerprint density at radius 2 is 2.10 bits per heavy atom. The summed E-state index contributed by atoms with van der Waals surface area (Å²) < 4.78 is 14.8. The Bertz CT molecular complexity index is 681. The Morgan fingerprint density at radius 1 is 1.33 bits per heavy atom. The van der Waals surface area contributed by atoms with Gasteiger partial charge >= 0.3 is 11.9 Å². The molecule has 1 aromatic carbocycles. The molecule has 0 saturated carbocycles. The number of halogens is 1. The second-order valence-electron chi connectivity index (χ2n) is 4.38. The molecule has 110 valence electrons. The van der Waals surface area contributed by atoms with E-state index in [4.69, 9.17) is 0 Å². The molecule has 0 fully saturated rings. The zero-order chi connectivity index (χ0) is 15.4. The van der Waals surface area contributed by atoms with Gasteiger partial charge in [-0.25, -0.2) is 14.0 Å². The van der Waals surface area contributed by atoms with Crippen molar-refractivity contribution in [3.8, 4) is 5.69 Å². The van der Waals surface area contributed by atoms with Crippen molar-refractivity contribution in [2.75, 3.05) is 11.9 Å². The molecule has 0 unspecified atom stereocenters. The van der Waals surface area contributed by atoms with Crippen LogP contribution in [0.3, 0.4) is 0 Å². The van der Waals surface area contributed by atoms with Crippen molar-refractivity contribution in [3.63, 3.8) is 0 Å². The Balaban J connectivity index is 2.37. The molecule has 0 spiro atoms. The van der Waals surface area contributed by atoms with Crippen LogP contribution in [0.4, 0.5) is 14.9 Å². The maximum Gasteiger partial charge on any atom is 0.344 e. The first-order valence-electron chi connectivity index (χ1n) is 6.40. The Kier molecular flexibility index (Phi) is 4.34. The van der Waals surface area contributed by atoms with E-state index in [-0.39, 0.29) is 11.4 Å². The van der Waals surface area contributed by atoms with E-state index in [0.717, 1.165) is 0 Å². The highest BCUT2D eigenvalue weighted by Gasteiger charge is 2.17. The number of aromatic nitrogens is 1. The van der Waals surface area contributed by atoms with Crippen molar-refractivity contribution in [1.82, 2.24) is 9.88 Å². The van der Waals surface area contributed by atoms with Gasteiger partial charge in [-0.2, -0.15) is 0 Å². The van der Waals surface area contributed by atoms with Crippen molar-refractivity contribution in [3.05, 3.63) is 48.0 Å². The second kappa shape index (κ2) is 6.19. The topological polar surface area (TPSA) is 90.8 Å². The fraction of sp³-hybridized carbons (Fsp3) is 0.143. The highest BCUT2D eigenvalue weighted by atomic mass is 19.1. The van der Waals surface area contributed by atoms with Crippen LogP contribution in [-0.4, -0.2) is 23.1 Å². The van der Waals surface area contributed by atoms with E-state index in [1.165, 1.54) is 18.3 Å². The van der Waals surface area contributed by atoms with Gasteiger partial charge in [0.1, 0.15) is 11.4 Å². The second-order valence-corrected chi connectivity index (χ2v) is 4.38. The van der Waals surface area contributed by atoms with Gasteiger partial charge in [-0.1, -0.05) is 6.07 Å². The molecular formula is C14H16FN4O2+. The molecule has 0 aliphatic carbocycles. The van der Waals surface area contributed by atoms with Gasteiger partial charge in [0, 0.05) is 24.6 Å². The van der Waals surface area contributed by atoms with Gasteiger partial charge < -0.3 is 15.2 Å². The molecule has 0 saturated heterocycles. The van der Waals surface area contributed by atoms with E-state index in [0.29, 0.717) is 17.9 Å². The molecule has 0 atom stereocenters. The summed E-state index contributed by atoms with van der Waals surface area (Å²) in [6.07, 6.45) is 3.05. The highest BCUT2D eigenvalue weighted by molar-refractivity contribution is 5.99. The van der Waals surface area contributed by atoms with Crippen LogP contribution in [0.1, 0.15) is 17.3 Å². The number of anilines is 1. The van der Waals surface area contributed by atoms with Crippen LogP contribution in [0.15, 0.2) is 36.7 Å². The smallest absolute Gasteiger partial charge is 0.338 e. The van der Waals surface area contributed by atoms with E-state index in [1.54, 1.807) is 29.8 Å². The normalized spacial score (nSPS) is 10.2. The third-order valence-corrected chi connectivity index (χ3v) is 2.82. The summed E-state index contributed by atoms with van der Waals surface area (Å²) in [6, 6.07) is 5.49. The monoisotopic (exact) mass is 291 g/mol. The molecule has 0 radical (unpaired) electrons. The number of rotatable bonds is 4. The lowest BCUT2D eigenvalue weighted by Gasteiger charge is -2.04. The molecule has 7 heteroatoms. The number of carbonyl (C=O) groups excluding carboxylic acids is 2. The number of hydrogen-bond donors (Lipinski definition) is 3. The molecule has 3 amide bonds. The Morgan fingerprint density at radius 3 is 2.71 bits per heavy atom. The number of quaternary nitrogens is 1. The zero-order valence-electron chi connectivity index (χ0n) is 11.5. The third kappa shape index (κ3) is 3.46. The van der Waals surface area contributed by atoms with Gasteiger partial charge in [-0.3, -0.25) is 5.73 Å². The summed E-state index contributed by atoms with van der Waals surface area (Å²) in [5.74, 6) is -0.820. The summed E-state index contributed by atoms with van der Waals surface area (Å²) >= 11 is 0. The van der Waals surface area contributed by atoms with E-state index in [2.05, 4.69) is 16.4 Å². The zero-order valence-corrected chi connectivity index (χ0v) is 11.5. The van der Waals surface area contributed by atoms with E-state index < -0.39 is 11.9 Å². The van der Waals surface area contributed by atoms with Crippen molar-refractivity contribution in [2.24, 2.45) is 0 Å². The summed E-state index contributed by atoms with van der Waals surface area (Å²) in [5, 5.41) is 5.14. The Hall–Kier alpha value is -2.67. The van der Waals surface area contributed by atoms with Crippen LogP contribution in [-0.2, 0) is 0 Å². The fourth-order valence-electron chi connectivity index (χ4n) is 1.89. The van der Waals surface area contributed by atoms with Crippen LogP contribution in [0.5, 0.6) is 0 Å². The maximum absolute atomic E-state index is 13.3. The average molecular weight is 291 g/mol. The molecule has 1 heterocycles. The van der Waals surface area contributed by atoms with Crippen LogP contribution < -0.4 is 16.4 Å². The number of amides is 3. The standard InChI is InChI=1S/C14H15FN4O2/c1-2-17-14(21)18-12-8-19(7-11(12)13(16)20)10-5-3-4-9(15)6-10/h3-8H,2H2,1H3,(H2,16,20)(H2,17,18,21)/p+1. The van der Waals surface area contributed by atoms with E-state index in [9.17, 15) is 14.0 Å². The first kappa shape index (κ1) is 14.7. The van der Waals surface area contributed by atoms with E-state index in [1.807, 2.05) is 0 Å². The Labute approximate surface area is 120 Å². The summed E-state index contributed by atoms with van der Waals surface area (Å²) in [4.78, 5) is 23.1. The minimum absolute atomic E-state index is 0.255. The summed E-state index contributed by atoms with van der Waals surface area (Å²) in [6.45, 7) is 2.25. The lowest BCUT2D eigenvalue weighted by molar-refractivity contribution is -0.254. The molecule has 0 aliphatic heterocycles. The number of hydrogen-bond acceptors (Lipinski definition) is 2. The minimum Gasteiger partial charge on any atom is -0.338 e. The van der Waals surface area contributed by atoms with Gasteiger partial charge in [0.25, 0.3) is 0 Å². The number of urea groups is 1.